The summed E-state index contributed by atoms with van der Waals surface area (Å²) in [6.07, 6.45) is 0.707. The first-order chi connectivity index (χ1) is 30.7. The van der Waals surface area contributed by atoms with E-state index < -0.39 is 23.7 Å². The molecule has 0 aromatic heterocycles. The Hall–Kier alpha value is -0.775. The van der Waals surface area contributed by atoms with Crippen molar-refractivity contribution >= 4 is 8.41 Å². The molecule has 0 aliphatic carbocycles. The van der Waals surface area contributed by atoms with Crippen molar-refractivity contribution in [2.24, 2.45) is 28.0 Å². The minimum atomic E-state index is -0.630. The predicted molar refractivity (Wildman–Crippen MR) is 250 cm³/mol. The van der Waals surface area contributed by atoms with E-state index in [-0.39, 0.29) is 35.1 Å². The second-order valence-corrected chi connectivity index (χ2v) is 16.9. The summed E-state index contributed by atoms with van der Waals surface area (Å²) in [7, 11) is 0. The highest BCUT2D eigenvalue weighted by atomic mass is 16.6. The lowest BCUT2D eigenvalue weighted by molar-refractivity contribution is -0.0993. The molecule has 0 aromatic carbocycles. The van der Waals surface area contributed by atoms with Gasteiger partial charge in [-0.3, -0.25) is 0 Å². The quantitative estimate of drug-likeness (QED) is 0.0191. The summed E-state index contributed by atoms with van der Waals surface area (Å²) >= 11 is 0. The summed E-state index contributed by atoms with van der Waals surface area (Å²) in [5, 5.41) is 49.8. The number of rotatable bonds is 29. The molecule has 4 rings (SSSR count). The SMILES string of the molecule is CCC(COCC1CO1)(COCC1CO1)COCC1CO1.CCC1(COCC(O)CNCCNCCN)COCC(O)CNCCNCCNCC(O)COC1.NCCNCCN.[2HH].[B]. The van der Waals surface area contributed by atoms with E-state index in [9.17, 15) is 15.3 Å². The standard InChI is InChI=1S/C23H52N6O6.C15H26O6.C4H13N3.B.H2/c1-2-23(17-33-14-20(30)11-27-8-5-25-4-3-24)18-34-15-21(31)12-28-9-6-26-7-10-29-13-22(32)16-35-19-23;1-2-15(9-16-3-12-6-19-12,10-17-4-13-7-20-13)11-18-5-14-8-21-14;5-1-3-7-4-2-6;;/h20-22,25-32H,2-19,24H2,1H3;12-14H,2-11H2,1H3;7H,1-6H2;;1H/i;;;;1+1. The molecular formula is C42H93BN9O12. The first kappa shape index (κ1) is 61.2. The summed E-state index contributed by atoms with van der Waals surface area (Å²) in [5.74, 6) is 0. The van der Waals surface area contributed by atoms with Crippen LogP contribution >= 0.6 is 0 Å². The third-order valence-electron chi connectivity index (χ3n) is 10.5. The highest BCUT2D eigenvalue weighted by Gasteiger charge is 2.34. The van der Waals surface area contributed by atoms with Crippen LogP contribution in [0.15, 0.2) is 0 Å². The lowest BCUT2D eigenvalue weighted by Gasteiger charge is -2.33. The van der Waals surface area contributed by atoms with Gasteiger partial charge in [0.15, 0.2) is 0 Å². The highest BCUT2D eigenvalue weighted by Crippen LogP contribution is 2.27. The first-order valence-electron chi connectivity index (χ1n) is 23.4. The van der Waals surface area contributed by atoms with Crippen LogP contribution in [-0.2, 0) is 42.6 Å². The molecule has 4 fully saturated rings. The van der Waals surface area contributed by atoms with Crippen molar-refractivity contribution in [1.82, 2.24) is 31.9 Å². The number of epoxide rings is 3. The van der Waals surface area contributed by atoms with Crippen LogP contribution < -0.4 is 49.1 Å². The number of hydrogen-bond donors (Lipinski definition) is 12. The maximum absolute atomic E-state index is 10.2. The average molecular weight is 928 g/mol. The van der Waals surface area contributed by atoms with E-state index in [0.29, 0.717) is 117 Å². The zero-order valence-corrected chi connectivity index (χ0v) is 39.4. The van der Waals surface area contributed by atoms with E-state index in [4.69, 9.17) is 59.8 Å². The number of nitrogens with one attached hydrogen (secondary N) is 6. The van der Waals surface area contributed by atoms with Crippen LogP contribution in [0.5, 0.6) is 0 Å². The maximum atomic E-state index is 10.2. The van der Waals surface area contributed by atoms with Crippen molar-refractivity contribution in [2.45, 2.75) is 63.3 Å². The zero-order valence-electron chi connectivity index (χ0n) is 39.4. The molecule has 21 nitrogen and oxygen atoms in total. The minimum Gasteiger partial charge on any atom is -0.389 e. The number of aliphatic hydroxyl groups is 3. The van der Waals surface area contributed by atoms with Gasteiger partial charge in [0, 0.05) is 119 Å². The van der Waals surface area contributed by atoms with Crippen LogP contribution in [0.1, 0.15) is 28.1 Å². The minimum absolute atomic E-state index is 0. The number of β-amino-alcohol motifs (C(OH)–C–C–N with tert-alkyl or cyclic N) is 2. The van der Waals surface area contributed by atoms with Gasteiger partial charge in [-0.25, -0.2) is 0 Å². The Labute approximate surface area is 387 Å². The van der Waals surface area contributed by atoms with Crippen LogP contribution in [0.2, 0.25) is 0 Å². The molecule has 0 bridgehead atoms. The fourth-order valence-corrected chi connectivity index (χ4v) is 6.00. The van der Waals surface area contributed by atoms with Gasteiger partial charge in [-0.05, 0) is 12.8 Å². The van der Waals surface area contributed by atoms with Gasteiger partial charge in [-0.15, -0.1) is 0 Å². The molecule has 0 aromatic rings. The molecule has 64 heavy (non-hydrogen) atoms. The molecule has 0 saturated carbocycles. The lowest BCUT2D eigenvalue weighted by atomic mass is 9.88. The molecule has 4 aliphatic rings. The first-order valence-corrected chi connectivity index (χ1v) is 23.4. The van der Waals surface area contributed by atoms with Crippen molar-refractivity contribution in [3.8, 4) is 0 Å². The van der Waals surface area contributed by atoms with Gasteiger partial charge in [0.05, 0.1) is 117 Å². The Balaban J connectivity index is 0.00000115. The molecule has 381 valence electrons. The van der Waals surface area contributed by atoms with Crippen LogP contribution in [-0.4, -0.2) is 258 Å². The third-order valence-corrected chi connectivity index (χ3v) is 10.5. The van der Waals surface area contributed by atoms with Gasteiger partial charge in [0.25, 0.3) is 0 Å². The Morgan fingerprint density at radius 3 is 1.48 bits per heavy atom. The van der Waals surface area contributed by atoms with Crippen LogP contribution in [0, 0.1) is 10.8 Å². The summed E-state index contributed by atoms with van der Waals surface area (Å²) in [4.78, 5) is 0. The second kappa shape index (κ2) is 40.1. The number of hydrogen-bond acceptors (Lipinski definition) is 21. The molecule has 15 N–H and O–H groups in total. The normalized spacial score (nSPS) is 26.9. The topological polar surface area (TPSA) is 304 Å². The molecule has 4 saturated heterocycles. The molecule has 4 heterocycles. The van der Waals surface area contributed by atoms with E-state index in [0.717, 1.165) is 91.6 Å². The van der Waals surface area contributed by atoms with E-state index >= 15 is 0 Å². The molecule has 3 radical (unpaired) electrons. The van der Waals surface area contributed by atoms with Gasteiger partial charge in [0.1, 0.15) is 18.3 Å². The summed E-state index contributed by atoms with van der Waals surface area (Å²) < 4.78 is 50.6. The Morgan fingerprint density at radius 2 is 1.08 bits per heavy atom. The molecule has 22 heteroatoms. The molecule has 0 amide bonds. The fourth-order valence-electron chi connectivity index (χ4n) is 6.00. The monoisotopic (exact) mass is 928 g/mol. The highest BCUT2D eigenvalue weighted by molar-refractivity contribution is 5.75. The molecule has 4 aliphatic heterocycles. The summed E-state index contributed by atoms with van der Waals surface area (Å²) in [6, 6.07) is 0. The molecule has 0 spiro atoms. The van der Waals surface area contributed by atoms with E-state index in [1.807, 2.05) is 6.92 Å². The van der Waals surface area contributed by atoms with Crippen LogP contribution in [0.25, 0.3) is 0 Å². The number of aliphatic hydroxyl groups excluding tert-OH is 3. The van der Waals surface area contributed by atoms with Crippen molar-refractivity contribution in [3.63, 3.8) is 0 Å². The van der Waals surface area contributed by atoms with Gasteiger partial charge >= 0.3 is 0 Å². The largest absolute Gasteiger partial charge is 0.389 e. The summed E-state index contributed by atoms with van der Waals surface area (Å²) in [5.41, 5.74) is 15.2. The van der Waals surface area contributed by atoms with Crippen LogP contribution in [0.3, 0.4) is 0 Å². The fraction of sp³-hybridized carbons (Fsp3) is 1.00. The van der Waals surface area contributed by atoms with Crippen molar-refractivity contribution in [2.75, 3.05) is 197 Å². The van der Waals surface area contributed by atoms with Gasteiger partial charge < -0.3 is 107 Å². The third kappa shape index (κ3) is 34.5. The van der Waals surface area contributed by atoms with E-state index in [1.54, 1.807) is 0 Å². The predicted octanol–water partition coefficient (Wildman–Crippen LogP) is -4.58. The molecular weight excluding hydrogens is 833 g/mol. The van der Waals surface area contributed by atoms with Crippen molar-refractivity contribution in [3.05, 3.63) is 0 Å². The summed E-state index contributed by atoms with van der Waals surface area (Å²) in [6.45, 7) is 22.7. The Bertz CT molecular complexity index is 971. The van der Waals surface area contributed by atoms with Gasteiger partial charge in [-0.2, -0.15) is 0 Å². The number of ether oxygens (including phenoxy) is 9. The second-order valence-electron chi connectivity index (χ2n) is 16.9. The molecule has 6 atom stereocenters. The van der Waals surface area contributed by atoms with Crippen LogP contribution in [0.4, 0.5) is 0 Å². The Kier molecular flexibility index (Phi) is 38.4. The lowest BCUT2D eigenvalue weighted by Crippen LogP contribution is -2.42. The van der Waals surface area contributed by atoms with Gasteiger partial charge in [-0.1, -0.05) is 13.8 Å². The Morgan fingerprint density at radius 1 is 0.656 bits per heavy atom. The van der Waals surface area contributed by atoms with Gasteiger partial charge in [0.2, 0.25) is 0 Å². The number of nitrogens with two attached hydrogens (primary N) is 3. The van der Waals surface area contributed by atoms with Crippen molar-refractivity contribution in [1.29, 1.82) is 0 Å². The van der Waals surface area contributed by atoms with E-state index in [2.05, 4.69) is 38.8 Å². The zero-order chi connectivity index (χ0) is 45.7. The van der Waals surface area contributed by atoms with Crippen molar-refractivity contribution < 1.29 is 59.4 Å². The molecule has 6 unspecified atom stereocenters. The average Bonchev–Trinajstić information content (AvgIpc) is 4.12. The maximum Gasteiger partial charge on any atom is 0.104 e. The van der Waals surface area contributed by atoms with E-state index in [1.165, 1.54) is 0 Å². The smallest absolute Gasteiger partial charge is 0.104 e.